The Morgan fingerprint density at radius 3 is 2.04 bits per heavy atom. The summed E-state index contributed by atoms with van der Waals surface area (Å²) >= 11 is 0. The van der Waals surface area contributed by atoms with E-state index in [1.54, 1.807) is 48.5 Å². The third kappa shape index (κ3) is 3.10. The van der Waals surface area contributed by atoms with Crippen LogP contribution in [-0.2, 0) is 0 Å². The summed E-state index contributed by atoms with van der Waals surface area (Å²) < 4.78 is 33.9. The molecule has 24 heavy (non-hydrogen) atoms. The molecule has 0 atom stereocenters. The van der Waals surface area contributed by atoms with Gasteiger partial charge in [0.1, 0.15) is 17.4 Å². The molecule has 0 aliphatic carbocycles. The van der Waals surface area contributed by atoms with Crippen molar-refractivity contribution in [2.24, 2.45) is 5.73 Å². The molecule has 0 unspecified atom stereocenters. The average Bonchev–Trinajstić information content (AvgIpc) is 2.55. The van der Waals surface area contributed by atoms with Crippen LogP contribution in [0.2, 0.25) is 0 Å². The molecule has 3 nitrogen and oxygen atoms in total. The molecule has 3 aromatic rings. The highest BCUT2D eigenvalue weighted by Gasteiger charge is 2.16. The van der Waals surface area contributed by atoms with E-state index in [4.69, 9.17) is 10.5 Å². The van der Waals surface area contributed by atoms with Crippen molar-refractivity contribution in [3.63, 3.8) is 0 Å². The number of carbonyl (C=O) groups is 1. The molecular formula is C19H13F2NO2. The number of rotatable bonds is 3. The maximum Gasteiger partial charge on any atom is 0.409 e. The predicted molar refractivity (Wildman–Crippen MR) is 87.4 cm³/mol. The van der Waals surface area contributed by atoms with Crippen LogP contribution in [0.5, 0.6) is 5.75 Å². The zero-order valence-corrected chi connectivity index (χ0v) is 12.5. The van der Waals surface area contributed by atoms with Crippen LogP contribution in [0.4, 0.5) is 13.6 Å². The van der Waals surface area contributed by atoms with Crippen LogP contribution in [0.3, 0.4) is 0 Å². The Balaban J connectivity index is 2.11. The SMILES string of the molecule is NC(=O)Oc1ccccc1-c1cc(F)c(-c2ccccc2)c(F)c1. The second kappa shape index (κ2) is 6.50. The van der Waals surface area contributed by atoms with Crippen molar-refractivity contribution < 1.29 is 18.3 Å². The van der Waals surface area contributed by atoms with Gasteiger partial charge in [-0.3, -0.25) is 0 Å². The summed E-state index contributed by atoms with van der Waals surface area (Å²) in [4.78, 5) is 11.0. The predicted octanol–water partition coefficient (Wildman–Crippen LogP) is 4.76. The monoisotopic (exact) mass is 325 g/mol. The lowest BCUT2D eigenvalue weighted by molar-refractivity contribution is 0.211. The van der Waals surface area contributed by atoms with Crippen molar-refractivity contribution in [2.45, 2.75) is 0 Å². The van der Waals surface area contributed by atoms with E-state index in [-0.39, 0.29) is 16.9 Å². The Labute approximate surface area is 137 Å². The van der Waals surface area contributed by atoms with Gasteiger partial charge in [-0.2, -0.15) is 0 Å². The summed E-state index contributed by atoms with van der Waals surface area (Å²) in [5.41, 5.74) is 5.98. The molecule has 0 aliphatic rings. The highest BCUT2D eigenvalue weighted by atomic mass is 19.1. The molecule has 3 aromatic carbocycles. The Morgan fingerprint density at radius 1 is 0.833 bits per heavy atom. The summed E-state index contributed by atoms with van der Waals surface area (Å²) in [5.74, 6) is -1.27. The molecule has 1 amide bonds. The van der Waals surface area contributed by atoms with Gasteiger partial charge in [0.15, 0.2) is 0 Å². The van der Waals surface area contributed by atoms with E-state index in [0.717, 1.165) is 0 Å². The van der Waals surface area contributed by atoms with Gasteiger partial charge >= 0.3 is 6.09 Å². The zero-order valence-electron chi connectivity index (χ0n) is 12.5. The molecular weight excluding hydrogens is 312 g/mol. The van der Waals surface area contributed by atoms with Crippen molar-refractivity contribution >= 4 is 6.09 Å². The average molecular weight is 325 g/mol. The fraction of sp³-hybridized carbons (Fsp3) is 0. The molecule has 0 aliphatic heterocycles. The molecule has 5 heteroatoms. The number of hydrogen-bond acceptors (Lipinski definition) is 2. The minimum Gasteiger partial charge on any atom is -0.410 e. The van der Waals surface area contributed by atoms with Gasteiger partial charge in [-0.05, 0) is 29.3 Å². The van der Waals surface area contributed by atoms with E-state index in [1.165, 1.54) is 18.2 Å². The topological polar surface area (TPSA) is 52.3 Å². The highest BCUT2D eigenvalue weighted by molar-refractivity contribution is 5.78. The number of amides is 1. The maximum atomic E-state index is 14.5. The van der Waals surface area contributed by atoms with E-state index in [1.807, 2.05) is 0 Å². The number of nitrogens with two attached hydrogens (primary N) is 1. The molecule has 2 N–H and O–H groups in total. The molecule has 0 radical (unpaired) electrons. The van der Waals surface area contributed by atoms with Crippen LogP contribution in [-0.4, -0.2) is 6.09 Å². The Kier molecular flexibility index (Phi) is 4.24. The molecule has 0 saturated carbocycles. The standard InChI is InChI=1S/C19H13F2NO2/c20-15-10-13(14-8-4-5-9-17(14)24-19(22)23)11-16(21)18(15)12-6-2-1-3-7-12/h1-11H,(H2,22,23). The number of benzene rings is 3. The lowest BCUT2D eigenvalue weighted by Crippen LogP contribution is -2.16. The molecule has 0 aromatic heterocycles. The third-order valence-electron chi connectivity index (χ3n) is 3.51. The van der Waals surface area contributed by atoms with Crippen molar-refractivity contribution in [3.8, 4) is 28.0 Å². The summed E-state index contributed by atoms with van der Waals surface area (Å²) in [6.45, 7) is 0. The summed E-state index contributed by atoms with van der Waals surface area (Å²) in [5, 5.41) is 0. The molecule has 0 heterocycles. The number of para-hydroxylation sites is 1. The second-order valence-corrected chi connectivity index (χ2v) is 5.10. The van der Waals surface area contributed by atoms with Crippen molar-refractivity contribution in [1.29, 1.82) is 0 Å². The number of carbonyl (C=O) groups excluding carboxylic acids is 1. The summed E-state index contributed by atoms with van der Waals surface area (Å²) in [7, 11) is 0. The first-order valence-electron chi connectivity index (χ1n) is 7.17. The van der Waals surface area contributed by atoms with Crippen LogP contribution >= 0.6 is 0 Å². The van der Waals surface area contributed by atoms with Crippen LogP contribution in [0.25, 0.3) is 22.3 Å². The van der Waals surface area contributed by atoms with E-state index in [0.29, 0.717) is 11.1 Å². The maximum absolute atomic E-state index is 14.5. The molecule has 0 spiro atoms. The van der Waals surface area contributed by atoms with E-state index in [2.05, 4.69) is 0 Å². The van der Waals surface area contributed by atoms with Crippen molar-refractivity contribution in [1.82, 2.24) is 0 Å². The van der Waals surface area contributed by atoms with Gasteiger partial charge in [0.2, 0.25) is 0 Å². The zero-order chi connectivity index (χ0) is 17.1. The number of ether oxygens (including phenoxy) is 1. The van der Waals surface area contributed by atoms with Gasteiger partial charge < -0.3 is 10.5 Å². The van der Waals surface area contributed by atoms with Gasteiger partial charge in [0, 0.05) is 5.56 Å². The molecule has 3 rings (SSSR count). The van der Waals surface area contributed by atoms with Crippen LogP contribution in [0, 0.1) is 11.6 Å². The van der Waals surface area contributed by atoms with Crippen LogP contribution in [0.15, 0.2) is 66.7 Å². The summed E-state index contributed by atoms with van der Waals surface area (Å²) in [6, 6.07) is 17.2. The number of primary amides is 1. The molecule has 0 bridgehead atoms. The summed E-state index contributed by atoms with van der Waals surface area (Å²) in [6.07, 6.45) is -0.996. The van der Waals surface area contributed by atoms with Gasteiger partial charge in [-0.1, -0.05) is 48.5 Å². The van der Waals surface area contributed by atoms with Crippen molar-refractivity contribution in [2.75, 3.05) is 0 Å². The van der Waals surface area contributed by atoms with E-state index in [9.17, 15) is 13.6 Å². The minimum atomic E-state index is -0.996. The second-order valence-electron chi connectivity index (χ2n) is 5.10. The molecule has 0 saturated heterocycles. The number of halogens is 2. The van der Waals surface area contributed by atoms with Gasteiger partial charge in [-0.25, -0.2) is 13.6 Å². The first-order chi connectivity index (χ1) is 11.6. The smallest absolute Gasteiger partial charge is 0.409 e. The molecule has 120 valence electrons. The lowest BCUT2D eigenvalue weighted by Gasteiger charge is -2.11. The molecule has 0 fully saturated rings. The lowest BCUT2D eigenvalue weighted by atomic mass is 9.98. The first kappa shape index (κ1) is 15.7. The fourth-order valence-electron chi connectivity index (χ4n) is 2.51. The Bertz CT molecular complexity index is 872. The van der Waals surface area contributed by atoms with Crippen molar-refractivity contribution in [3.05, 3.63) is 78.4 Å². The highest BCUT2D eigenvalue weighted by Crippen LogP contribution is 2.34. The minimum absolute atomic E-state index is 0.104. The van der Waals surface area contributed by atoms with E-state index >= 15 is 0 Å². The normalized spacial score (nSPS) is 10.4. The van der Waals surface area contributed by atoms with E-state index < -0.39 is 17.7 Å². The Hall–Kier alpha value is -3.21. The van der Waals surface area contributed by atoms with Gasteiger partial charge in [0.25, 0.3) is 0 Å². The quantitative estimate of drug-likeness (QED) is 0.755. The number of hydrogen-bond donors (Lipinski definition) is 1. The largest absolute Gasteiger partial charge is 0.410 e. The fourth-order valence-corrected chi connectivity index (χ4v) is 2.51. The van der Waals surface area contributed by atoms with Crippen LogP contribution < -0.4 is 10.5 Å². The third-order valence-corrected chi connectivity index (χ3v) is 3.51. The van der Waals surface area contributed by atoms with Gasteiger partial charge in [0.05, 0.1) is 5.56 Å². The van der Waals surface area contributed by atoms with Gasteiger partial charge in [-0.15, -0.1) is 0 Å². The Morgan fingerprint density at radius 2 is 1.42 bits per heavy atom. The first-order valence-corrected chi connectivity index (χ1v) is 7.17. The van der Waals surface area contributed by atoms with Crippen LogP contribution in [0.1, 0.15) is 0 Å².